The standard InChI is InChI=1S/C21H20O10/c22-8-14-17(25)19(27)20(28)21(31-14)30-13-7-12-15(18(26)16(13)24)10(23)6-11(29-12)9-4-2-1-3-5-9/h1-7,14,17,19-22,24-28H,8H2/t14-,17+,19+,20-,21+/m0/s1. The highest BCUT2D eigenvalue weighted by molar-refractivity contribution is 5.89. The van der Waals surface area contributed by atoms with E-state index in [1.165, 1.54) is 6.07 Å². The number of rotatable bonds is 4. The van der Waals surface area contributed by atoms with Crippen LogP contribution in [-0.2, 0) is 4.74 Å². The zero-order chi connectivity index (χ0) is 22.3. The first-order chi connectivity index (χ1) is 14.8. The predicted molar refractivity (Wildman–Crippen MR) is 106 cm³/mol. The number of aliphatic hydroxyl groups excluding tert-OH is 4. The number of ether oxygens (including phenoxy) is 2. The molecular formula is C21H20O10. The first kappa shape index (κ1) is 21.1. The van der Waals surface area contributed by atoms with E-state index in [4.69, 9.17) is 13.9 Å². The molecule has 3 aromatic rings. The Morgan fingerprint density at radius 2 is 1.65 bits per heavy atom. The summed E-state index contributed by atoms with van der Waals surface area (Å²) in [5.74, 6) is -1.82. The van der Waals surface area contributed by atoms with Crippen LogP contribution in [0.3, 0.4) is 0 Å². The number of phenolic OH excluding ortho intramolecular Hbond substituents is 2. The van der Waals surface area contributed by atoms with Crippen molar-refractivity contribution < 1.29 is 44.5 Å². The molecule has 1 saturated heterocycles. The van der Waals surface area contributed by atoms with Crippen LogP contribution in [0.2, 0.25) is 0 Å². The Morgan fingerprint density at radius 3 is 2.32 bits per heavy atom. The lowest BCUT2D eigenvalue weighted by Gasteiger charge is -2.39. The van der Waals surface area contributed by atoms with Gasteiger partial charge in [-0.2, -0.15) is 0 Å². The lowest BCUT2D eigenvalue weighted by atomic mass is 9.99. The highest BCUT2D eigenvalue weighted by Gasteiger charge is 2.45. The third kappa shape index (κ3) is 3.71. The van der Waals surface area contributed by atoms with Gasteiger partial charge in [-0.05, 0) is 0 Å². The van der Waals surface area contributed by atoms with Crippen molar-refractivity contribution in [1.29, 1.82) is 0 Å². The summed E-state index contributed by atoms with van der Waals surface area (Å²) in [6.45, 7) is -0.672. The van der Waals surface area contributed by atoms with Gasteiger partial charge in [0.25, 0.3) is 0 Å². The van der Waals surface area contributed by atoms with Gasteiger partial charge in [-0.1, -0.05) is 30.3 Å². The molecule has 10 nitrogen and oxygen atoms in total. The summed E-state index contributed by atoms with van der Waals surface area (Å²) in [4.78, 5) is 12.5. The summed E-state index contributed by atoms with van der Waals surface area (Å²) in [5, 5.41) is 59.6. The number of benzene rings is 2. The van der Waals surface area contributed by atoms with Gasteiger partial charge in [0.05, 0.1) is 6.61 Å². The zero-order valence-corrected chi connectivity index (χ0v) is 16.0. The molecule has 0 radical (unpaired) electrons. The third-order valence-electron chi connectivity index (χ3n) is 5.08. The van der Waals surface area contributed by atoms with Gasteiger partial charge >= 0.3 is 0 Å². The molecule has 31 heavy (non-hydrogen) atoms. The van der Waals surface area contributed by atoms with E-state index in [1.54, 1.807) is 30.3 Å². The minimum atomic E-state index is -1.74. The molecule has 0 amide bonds. The largest absolute Gasteiger partial charge is 0.504 e. The molecule has 2 aromatic carbocycles. The average Bonchev–Trinajstić information content (AvgIpc) is 2.77. The second-order valence-corrected chi connectivity index (χ2v) is 7.10. The van der Waals surface area contributed by atoms with Crippen LogP contribution in [0, 0.1) is 0 Å². The number of fused-ring (bicyclic) bond motifs is 1. The lowest BCUT2D eigenvalue weighted by molar-refractivity contribution is -0.277. The smallest absolute Gasteiger partial charge is 0.229 e. The molecule has 164 valence electrons. The number of hydrogen-bond donors (Lipinski definition) is 6. The monoisotopic (exact) mass is 432 g/mol. The van der Waals surface area contributed by atoms with Gasteiger partial charge in [-0.15, -0.1) is 0 Å². The van der Waals surface area contributed by atoms with Gasteiger partial charge in [0.15, 0.2) is 16.9 Å². The second-order valence-electron chi connectivity index (χ2n) is 7.10. The summed E-state index contributed by atoms with van der Waals surface area (Å²) in [5.41, 5.74) is -0.112. The van der Waals surface area contributed by atoms with Crippen LogP contribution in [0.15, 0.2) is 51.7 Å². The van der Waals surface area contributed by atoms with Crippen LogP contribution < -0.4 is 10.2 Å². The minimum Gasteiger partial charge on any atom is -0.504 e. The molecule has 1 aliphatic rings. The lowest BCUT2D eigenvalue weighted by Crippen LogP contribution is -2.60. The summed E-state index contributed by atoms with van der Waals surface area (Å²) >= 11 is 0. The molecule has 2 heterocycles. The van der Waals surface area contributed by atoms with Gasteiger partial charge in [0.1, 0.15) is 41.1 Å². The maximum absolute atomic E-state index is 12.5. The number of hydrogen-bond acceptors (Lipinski definition) is 10. The van der Waals surface area contributed by atoms with Gasteiger partial charge in [0, 0.05) is 17.7 Å². The van der Waals surface area contributed by atoms with Crippen molar-refractivity contribution in [2.24, 2.45) is 0 Å². The van der Waals surface area contributed by atoms with Crippen LogP contribution in [0.5, 0.6) is 17.2 Å². The Labute approximate surface area is 174 Å². The van der Waals surface area contributed by atoms with Gasteiger partial charge in [-0.3, -0.25) is 4.79 Å². The first-order valence-electron chi connectivity index (χ1n) is 9.37. The van der Waals surface area contributed by atoms with Gasteiger partial charge < -0.3 is 44.5 Å². The summed E-state index contributed by atoms with van der Waals surface area (Å²) in [7, 11) is 0. The molecule has 6 N–H and O–H groups in total. The van der Waals surface area contributed by atoms with Crippen molar-refractivity contribution in [3.05, 3.63) is 52.7 Å². The highest BCUT2D eigenvalue weighted by atomic mass is 16.7. The minimum absolute atomic E-state index is 0.110. The van der Waals surface area contributed by atoms with E-state index in [-0.39, 0.29) is 16.7 Å². The molecule has 1 fully saturated rings. The quantitative estimate of drug-likeness (QED) is 0.310. The number of phenols is 2. The van der Waals surface area contributed by atoms with Crippen molar-refractivity contribution in [2.45, 2.75) is 30.7 Å². The molecule has 0 bridgehead atoms. The topological polar surface area (TPSA) is 170 Å². The fraction of sp³-hybridized carbons (Fsp3) is 0.286. The normalized spacial score (nSPS) is 26.1. The average molecular weight is 432 g/mol. The zero-order valence-electron chi connectivity index (χ0n) is 16.0. The van der Waals surface area contributed by atoms with Crippen molar-refractivity contribution in [3.8, 4) is 28.6 Å². The third-order valence-corrected chi connectivity index (χ3v) is 5.08. The SMILES string of the molecule is O=c1cc(-c2ccccc2)oc2cc(O[C@@H]3O[C@@H](CO)[C@@H](O)[C@@H](O)[C@@H]3O)c(O)c(O)c12. The summed E-state index contributed by atoms with van der Waals surface area (Å²) in [6.07, 6.45) is -7.87. The van der Waals surface area contributed by atoms with Crippen LogP contribution in [-0.4, -0.2) is 68.0 Å². The Morgan fingerprint density at radius 1 is 0.935 bits per heavy atom. The van der Waals surface area contributed by atoms with E-state index >= 15 is 0 Å². The van der Waals surface area contributed by atoms with Gasteiger partial charge in [-0.25, -0.2) is 0 Å². The molecule has 0 unspecified atom stereocenters. The molecule has 5 atom stereocenters. The van der Waals surface area contributed by atoms with Crippen molar-refractivity contribution in [1.82, 2.24) is 0 Å². The molecule has 10 heteroatoms. The molecule has 4 rings (SSSR count). The second kappa shape index (κ2) is 8.17. The molecule has 1 aromatic heterocycles. The van der Waals surface area contributed by atoms with E-state index in [0.29, 0.717) is 5.56 Å². The fourth-order valence-corrected chi connectivity index (χ4v) is 3.39. The Bertz CT molecular complexity index is 1140. The highest BCUT2D eigenvalue weighted by Crippen LogP contribution is 2.42. The van der Waals surface area contributed by atoms with E-state index in [0.717, 1.165) is 6.07 Å². The molecule has 0 saturated carbocycles. The maximum Gasteiger partial charge on any atom is 0.229 e. The van der Waals surface area contributed by atoms with Crippen LogP contribution in [0.4, 0.5) is 0 Å². The van der Waals surface area contributed by atoms with Crippen LogP contribution in [0.25, 0.3) is 22.3 Å². The number of aliphatic hydroxyl groups is 4. The molecule has 0 spiro atoms. The van der Waals surface area contributed by atoms with E-state index in [2.05, 4.69) is 0 Å². The summed E-state index contributed by atoms with van der Waals surface area (Å²) in [6, 6.07) is 11.0. The van der Waals surface area contributed by atoms with E-state index < -0.39 is 60.0 Å². The molecule has 0 aliphatic carbocycles. The molecule has 1 aliphatic heterocycles. The van der Waals surface area contributed by atoms with Crippen molar-refractivity contribution >= 4 is 11.0 Å². The Hall–Kier alpha value is -3.15. The first-order valence-corrected chi connectivity index (χ1v) is 9.37. The number of aromatic hydroxyl groups is 2. The Kier molecular flexibility index (Phi) is 5.56. The van der Waals surface area contributed by atoms with Crippen LogP contribution in [0.1, 0.15) is 0 Å². The van der Waals surface area contributed by atoms with Gasteiger partial charge in [0.2, 0.25) is 12.0 Å². The van der Waals surface area contributed by atoms with Crippen LogP contribution >= 0.6 is 0 Å². The molecular weight excluding hydrogens is 412 g/mol. The Balaban J connectivity index is 1.76. The predicted octanol–water partition coefficient (Wildman–Crippen LogP) is 0.0499. The van der Waals surface area contributed by atoms with E-state index in [9.17, 15) is 35.4 Å². The maximum atomic E-state index is 12.5. The van der Waals surface area contributed by atoms with Crippen molar-refractivity contribution in [2.75, 3.05) is 6.61 Å². The summed E-state index contributed by atoms with van der Waals surface area (Å²) < 4.78 is 16.4. The van der Waals surface area contributed by atoms with E-state index in [1.807, 2.05) is 0 Å². The van der Waals surface area contributed by atoms with Crippen molar-refractivity contribution in [3.63, 3.8) is 0 Å². The fourth-order valence-electron chi connectivity index (χ4n) is 3.39.